The summed E-state index contributed by atoms with van der Waals surface area (Å²) in [4.78, 5) is 28.5. The van der Waals surface area contributed by atoms with Gasteiger partial charge in [-0.2, -0.15) is 0 Å². The number of amides is 2. The summed E-state index contributed by atoms with van der Waals surface area (Å²) in [6, 6.07) is 13.2. The molecular weight excluding hydrogens is 375 g/mol. The molecule has 2 aliphatic heterocycles. The maximum Gasteiger partial charge on any atom is 0.267 e. The molecule has 1 atom stereocenters. The molecule has 7 heteroatoms. The topological polar surface area (TPSA) is 59.1 Å². The fraction of sp³-hybridized carbons (Fsp3) is 0.273. The van der Waals surface area contributed by atoms with Gasteiger partial charge >= 0.3 is 0 Å². The number of benzene rings is 2. The van der Waals surface area contributed by atoms with Crippen molar-refractivity contribution in [3.8, 4) is 11.5 Å². The van der Waals surface area contributed by atoms with Crippen LogP contribution in [0.4, 0.5) is 4.39 Å². The molecule has 0 N–H and O–H groups in total. The van der Waals surface area contributed by atoms with Crippen molar-refractivity contribution in [1.82, 2.24) is 9.80 Å². The molecule has 1 fully saturated rings. The molecular formula is C22H21FN2O4. The van der Waals surface area contributed by atoms with Gasteiger partial charge in [-0.25, -0.2) is 4.39 Å². The number of piperazine rings is 1. The Morgan fingerprint density at radius 3 is 2.31 bits per heavy atom. The van der Waals surface area contributed by atoms with Crippen molar-refractivity contribution in [2.24, 2.45) is 0 Å². The van der Waals surface area contributed by atoms with Gasteiger partial charge < -0.3 is 19.3 Å². The number of carbonyl (C=O) groups is 2. The second kappa shape index (κ2) is 8.34. The van der Waals surface area contributed by atoms with Gasteiger partial charge in [0.1, 0.15) is 12.4 Å². The summed E-state index contributed by atoms with van der Waals surface area (Å²) >= 11 is 0. The predicted octanol–water partition coefficient (Wildman–Crippen LogP) is 2.35. The highest BCUT2D eigenvalue weighted by atomic mass is 19.1. The highest BCUT2D eigenvalue weighted by molar-refractivity contribution is 5.92. The zero-order valence-corrected chi connectivity index (χ0v) is 15.8. The maximum atomic E-state index is 12.9. The first-order chi connectivity index (χ1) is 14.1. The fourth-order valence-corrected chi connectivity index (χ4v) is 3.34. The van der Waals surface area contributed by atoms with E-state index in [0.29, 0.717) is 37.7 Å². The highest BCUT2D eigenvalue weighted by Gasteiger charge is 2.33. The highest BCUT2D eigenvalue weighted by Crippen LogP contribution is 2.31. The minimum atomic E-state index is -0.675. The van der Waals surface area contributed by atoms with E-state index >= 15 is 0 Å². The number of hydrogen-bond donors (Lipinski definition) is 0. The lowest BCUT2D eigenvalue weighted by molar-refractivity contribution is -0.145. The number of nitrogens with zero attached hydrogens (tertiary/aromatic N) is 2. The first-order valence-electron chi connectivity index (χ1n) is 9.50. The summed E-state index contributed by atoms with van der Waals surface area (Å²) in [6.07, 6.45) is 2.45. The molecule has 150 valence electrons. The van der Waals surface area contributed by atoms with E-state index < -0.39 is 6.10 Å². The average Bonchev–Trinajstić information content (AvgIpc) is 2.78. The minimum absolute atomic E-state index is 0.131. The molecule has 29 heavy (non-hydrogen) atoms. The molecule has 2 aromatic rings. The third-order valence-electron chi connectivity index (χ3n) is 4.98. The largest absolute Gasteiger partial charge is 0.485 e. The molecule has 0 saturated carbocycles. The molecule has 0 radical (unpaired) electrons. The summed E-state index contributed by atoms with van der Waals surface area (Å²) < 4.78 is 24.3. The molecule has 6 nitrogen and oxygen atoms in total. The molecule has 2 aromatic carbocycles. The summed E-state index contributed by atoms with van der Waals surface area (Å²) in [5.41, 5.74) is 0.753. The zero-order chi connectivity index (χ0) is 20.2. The van der Waals surface area contributed by atoms with Gasteiger partial charge in [0, 0.05) is 32.3 Å². The Morgan fingerprint density at radius 2 is 1.59 bits per heavy atom. The molecule has 4 rings (SSSR count). The lowest BCUT2D eigenvalue weighted by Gasteiger charge is -2.36. The number of rotatable bonds is 3. The van der Waals surface area contributed by atoms with Crippen molar-refractivity contribution < 1.29 is 23.5 Å². The Morgan fingerprint density at radius 1 is 0.931 bits per heavy atom. The SMILES string of the molecule is O=C(/C=C/c1ccc(F)cc1)N1CCN(C(=O)[C@@H]2COc3ccccc3O2)CC1. The van der Waals surface area contributed by atoms with Crippen molar-refractivity contribution in [3.63, 3.8) is 0 Å². The van der Waals surface area contributed by atoms with Crippen LogP contribution in [0.5, 0.6) is 11.5 Å². The Balaban J connectivity index is 1.29. The van der Waals surface area contributed by atoms with Crippen LogP contribution in [0, 0.1) is 5.82 Å². The molecule has 0 aromatic heterocycles. The average molecular weight is 396 g/mol. The standard InChI is InChI=1S/C22H21FN2O4/c23-17-8-5-16(6-9-17)7-10-21(26)24-11-13-25(14-12-24)22(27)20-15-28-18-3-1-2-4-19(18)29-20/h1-10,20H,11-15H2/b10-7+/t20-/m0/s1. The first kappa shape index (κ1) is 19.0. The number of hydrogen-bond acceptors (Lipinski definition) is 4. The van der Waals surface area contributed by atoms with Crippen LogP contribution in [0.15, 0.2) is 54.6 Å². The van der Waals surface area contributed by atoms with Crippen molar-refractivity contribution in [2.75, 3.05) is 32.8 Å². The van der Waals surface area contributed by atoms with Crippen LogP contribution < -0.4 is 9.47 Å². The quantitative estimate of drug-likeness (QED) is 0.748. The molecule has 1 saturated heterocycles. The fourth-order valence-electron chi connectivity index (χ4n) is 3.34. The molecule has 0 spiro atoms. The number of fused-ring (bicyclic) bond motifs is 1. The summed E-state index contributed by atoms with van der Waals surface area (Å²) in [5, 5.41) is 0. The summed E-state index contributed by atoms with van der Waals surface area (Å²) in [5.74, 6) is 0.628. The molecule has 2 heterocycles. The van der Waals surface area contributed by atoms with Gasteiger partial charge in [0.05, 0.1) is 0 Å². The van der Waals surface area contributed by atoms with Gasteiger partial charge in [0.25, 0.3) is 5.91 Å². The Kier molecular flexibility index (Phi) is 5.46. The Labute approximate surface area is 168 Å². The third kappa shape index (κ3) is 4.39. The molecule has 0 aliphatic carbocycles. The normalized spacial score (nSPS) is 18.7. The second-order valence-electron chi connectivity index (χ2n) is 6.90. The first-order valence-corrected chi connectivity index (χ1v) is 9.50. The lowest BCUT2D eigenvalue weighted by atomic mass is 10.2. The van der Waals surface area contributed by atoms with Crippen LogP contribution in [0.25, 0.3) is 6.08 Å². The van der Waals surface area contributed by atoms with E-state index in [4.69, 9.17) is 9.47 Å². The van der Waals surface area contributed by atoms with Crippen LogP contribution in [-0.2, 0) is 9.59 Å². The Bertz CT molecular complexity index is 921. The van der Waals surface area contributed by atoms with Crippen LogP contribution in [0.3, 0.4) is 0 Å². The van der Waals surface area contributed by atoms with E-state index in [-0.39, 0.29) is 24.2 Å². The summed E-state index contributed by atoms with van der Waals surface area (Å²) in [6.45, 7) is 1.95. The molecule has 0 bridgehead atoms. The van der Waals surface area contributed by atoms with E-state index in [1.807, 2.05) is 12.1 Å². The van der Waals surface area contributed by atoms with Crippen molar-refractivity contribution >= 4 is 17.9 Å². The second-order valence-corrected chi connectivity index (χ2v) is 6.90. The maximum absolute atomic E-state index is 12.9. The monoisotopic (exact) mass is 396 g/mol. The van der Waals surface area contributed by atoms with Crippen LogP contribution in [-0.4, -0.2) is 60.5 Å². The van der Waals surface area contributed by atoms with Gasteiger partial charge in [-0.05, 0) is 35.9 Å². The molecule has 2 amide bonds. The van der Waals surface area contributed by atoms with E-state index in [9.17, 15) is 14.0 Å². The van der Waals surface area contributed by atoms with E-state index in [0.717, 1.165) is 5.56 Å². The van der Waals surface area contributed by atoms with E-state index in [1.54, 1.807) is 40.1 Å². The number of carbonyl (C=O) groups excluding carboxylic acids is 2. The molecule has 2 aliphatic rings. The van der Waals surface area contributed by atoms with Gasteiger partial charge in [-0.15, -0.1) is 0 Å². The Hall–Kier alpha value is -3.35. The van der Waals surface area contributed by atoms with Gasteiger partial charge in [0.15, 0.2) is 11.5 Å². The number of halogens is 1. The van der Waals surface area contributed by atoms with Crippen LogP contribution >= 0.6 is 0 Å². The summed E-state index contributed by atoms with van der Waals surface area (Å²) in [7, 11) is 0. The van der Waals surface area contributed by atoms with Gasteiger partial charge in [-0.1, -0.05) is 24.3 Å². The predicted molar refractivity (Wildman–Crippen MR) is 105 cm³/mol. The van der Waals surface area contributed by atoms with E-state index in [1.165, 1.54) is 18.2 Å². The van der Waals surface area contributed by atoms with Gasteiger partial charge in [0.2, 0.25) is 12.0 Å². The molecule has 0 unspecified atom stereocenters. The van der Waals surface area contributed by atoms with Crippen LogP contribution in [0.2, 0.25) is 0 Å². The third-order valence-corrected chi connectivity index (χ3v) is 4.98. The van der Waals surface area contributed by atoms with Crippen LogP contribution in [0.1, 0.15) is 5.56 Å². The number of ether oxygens (including phenoxy) is 2. The number of para-hydroxylation sites is 2. The van der Waals surface area contributed by atoms with E-state index in [2.05, 4.69) is 0 Å². The zero-order valence-electron chi connectivity index (χ0n) is 15.8. The lowest BCUT2D eigenvalue weighted by Crippen LogP contribution is -2.54. The van der Waals surface area contributed by atoms with Crippen molar-refractivity contribution in [2.45, 2.75) is 6.10 Å². The van der Waals surface area contributed by atoms with Crippen molar-refractivity contribution in [3.05, 3.63) is 66.0 Å². The van der Waals surface area contributed by atoms with Crippen molar-refractivity contribution in [1.29, 1.82) is 0 Å². The minimum Gasteiger partial charge on any atom is -0.485 e. The smallest absolute Gasteiger partial charge is 0.267 e. The van der Waals surface area contributed by atoms with Gasteiger partial charge in [-0.3, -0.25) is 9.59 Å².